The third kappa shape index (κ3) is 10.5. The molecule has 2 aromatic rings. The lowest BCUT2D eigenvalue weighted by molar-refractivity contribution is -0.151. The van der Waals surface area contributed by atoms with Crippen molar-refractivity contribution < 1.29 is 28.7 Å². The molecule has 0 aliphatic rings. The van der Waals surface area contributed by atoms with Crippen LogP contribution in [0.3, 0.4) is 0 Å². The summed E-state index contributed by atoms with van der Waals surface area (Å²) >= 11 is 0. The molecule has 0 saturated carbocycles. The van der Waals surface area contributed by atoms with Gasteiger partial charge in [-0.25, -0.2) is 4.21 Å². The first-order valence-electron chi connectivity index (χ1n) is 11.1. The van der Waals surface area contributed by atoms with Crippen molar-refractivity contribution in [3.05, 3.63) is 46.5 Å². The van der Waals surface area contributed by atoms with Gasteiger partial charge in [0.1, 0.15) is 22.7 Å². The van der Waals surface area contributed by atoms with Crippen LogP contribution in [0.1, 0.15) is 63.8 Å². The number of phenols is 1. The average Bonchev–Trinajstić information content (AvgIpc) is 2.82. The molecule has 0 atom stereocenters. The second-order valence-corrected chi connectivity index (χ2v) is 9.90. The Morgan fingerprint density at radius 1 is 0.886 bits per heavy atom. The van der Waals surface area contributed by atoms with Gasteiger partial charge in [-0.05, 0) is 88.1 Å². The lowest BCUT2D eigenvalue weighted by atomic mass is 9.92. The summed E-state index contributed by atoms with van der Waals surface area (Å²) in [6.07, 6.45) is 0. The number of carboxylic acids is 1. The number of benzene rings is 2. The molecule has 0 heterocycles. The number of halogens is 2. The fraction of sp³-hybridized carbons (Fsp3) is 0.440. The van der Waals surface area contributed by atoms with Crippen LogP contribution in [0.2, 0.25) is 0 Å². The molecule has 10 heteroatoms. The van der Waals surface area contributed by atoms with E-state index in [1.807, 2.05) is 55.4 Å². The summed E-state index contributed by atoms with van der Waals surface area (Å²) in [5.41, 5.74) is 2.21. The Bertz CT molecular complexity index is 975. The first-order chi connectivity index (χ1) is 16.2. The molecule has 0 fully saturated rings. The van der Waals surface area contributed by atoms with Crippen LogP contribution in [0.5, 0.6) is 17.2 Å². The first kappa shape index (κ1) is 34.9. The van der Waals surface area contributed by atoms with Crippen LogP contribution in [0.15, 0.2) is 24.3 Å². The molecule has 1 amide bonds. The molecule has 198 valence electrons. The van der Waals surface area contributed by atoms with Gasteiger partial charge in [-0.15, -0.1) is 0 Å². The van der Waals surface area contributed by atoms with E-state index in [0.717, 1.165) is 22.3 Å². The van der Waals surface area contributed by atoms with E-state index in [-0.39, 0.29) is 5.75 Å². The number of amides is 1. The SMILES string of the molecule is CC.CC.Cc1c(C)c(Oc2ccc(NC(=O)C(C)(C)C(=O)O)cc2)c(C)c(C)c1O.O=S(Cl)Cl. The number of hydrogen-bond acceptors (Lipinski definition) is 5. The monoisotopic (exact) mass is 549 g/mol. The summed E-state index contributed by atoms with van der Waals surface area (Å²) in [4.78, 5) is 23.3. The fourth-order valence-electron chi connectivity index (χ4n) is 2.52. The van der Waals surface area contributed by atoms with Gasteiger partial charge >= 0.3 is 5.97 Å². The van der Waals surface area contributed by atoms with Gasteiger partial charge in [-0.3, -0.25) is 9.59 Å². The van der Waals surface area contributed by atoms with Crippen LogP contribution < -0.4 is 10.1 Å². The Morgan fingerprint density at radius 2 is 1.26 bits per heavy atom. The average molecular weight is 551 g/mol. The second-order valence-electron chi connectivity index (χ2n) is 7.37. The predicted molar refractivity (Wildman–Crippen MR) is 146 cm³/mol. The molecule has 7 nitrogen and oxygen atoms in total. The molecule has 0 spiro atoms. The molecule has 0 aromatic heterocycles. The van der Waals surface area contributed by atoms with Crippen molar-refractivity contribution in [3.8, 4) is 17.2 Å². The van der Waals surface area contributed by atoms with Gasteiger partial charge in [0, 0.05) is 27.1 Å². The van der Waals surface area contributed by atoms with E-state index in [0.29, 0.717) is 17.2 Å². The van der Waals surface area contributed by atoms with E-state index < -0.39 is 26.5 Å². The van der Waals surface area contributed by atoms with Gasteiger partial charge in [0.25, 0.3) is 0 Å². The Kier molecular flexibility index (Phi) is 16.3. The van der Waals surface area contributed by atoms with Crippen LogP contribution >= 0.6 is 21.4 Å². The summed E-state index contributed by atoms with van der Waals surface area (Å²) in [6, 6.07) is 6.69. The molecular formula is C25H37Cl2NO6S. The predicted octanol–water partition coefficient (Wildman–Crippen LogP) is 7.56. The molecule has 3 N–H and O–H groups in total. The fourth-order valence-corrected chi connectivity index (χ4v) is 2.52. The second kappa shape index (κ2) is 16.4. The molecular weight excluding hydrogens is 513 g/mol. The number of aromatic hydroxyl groups is 1. The highest BCUT2D eigenvalue weighted by Crippen LogP contribution is 2.38. The number of hydrogen-bond donors (Lipinski definition) is 3. The summed E-state index contributed by atoms with van der Waals surface area (Å²) in [6.45, 7) is 18.2. The van der Waals surface area contributed by atoms with Crippen LogP contribution in [0, 0.1) is 33.1 Å². The van der Waals surface area contributed by atoms with Crippen molar-refractivity contribution in [2.75, 3.05) is 5.32 Å². The highest BCUT2D eigenvalue weighted by atomic mass is 36.0. The first-order valence-corrected chi connectivity index (χ1v) is 13.9. The third-order valence-electron chi connectivity index (χ3n) is 4.95. The van der Waals surface area contributed by atoms with Crippen molar-refractivity contribution in [3.63, 3.8) is 0 Å². The zero-order chi connectivity index (χ0) is 28.1. The maximum atomic E-state index is 12.1. The lowest BCUT2D eigenvalue weighted by Crippen LogP contribution is -2.37. The topological polar surface area (TPSA) is 113 Å². The molecule has 0 aliphatic carbocycles. The van der Waals surface area contributed by atoms with Crippen molar-refractivity contribution in [2.24, 2.45) is 5.41 Å². The third-order valence-corrected chi connectivity index (χ3v) is 4.95. The summed E-state index contributed by atoms with van der Waals surface area (Å²) in [5, 5.41) is 21.9. The largest absolute Gasteiger partial charge is 0.507 e. The Balaban J connectivity index is 0. The summed E-state index contributed by atoms with van der Waals surface area (Å²) < 4.78 is 15.1. The van der Waals surface area contributed by atoms with Gasteiger partial charge in [0.15, 0.2) is 0 Å². The van der Waals surface area contributed by atoms with E-state index in [9.17, 15) is 14.7 Å². The Labute approximate surface area is 220 Å². The Morgan fingerprint density at radius 3 is 1.60 bits per heavy atom. The van der Waals surface area contributed by atoms with Crippen molar-refractivity contribution in [1.29, 1.82) is 0 Å². The zero-order valence-corrected chi connectivity index (χ0v) is 24.3. The standard InChI is InChI=1S/C21H25NO5.2C2H6.Cl2OS/c1-11-13(3)18(14(4)12(2)17(11)23)27-16-9-7-15(8-10-16)22-19(24)21(5,6)20(25)26;2*1-2;1-4(2)3/h7-10,23H,1-6H3,(H,22,24)(H,25,26);2*1-2H3;. The van der Waals surface area contributed by atoms with Crippen LogP contribution in [-0.2, 0) is 18.8 Å². The van der Waals surface area contributed by atoms with Gasteiger partial charge in [0.2, 0.25) is 15.1 Å². The maximum Gasteiger partial charge on any atom is 0.318 e. The van der Waals surface area contributed by atoms with Gasteiger partial charge in [-0.2, -0.15) is 0 Å². The van der Waals surface area contributed by atoms with Crippen LogP contribution in [0.25, 0.3) is 0 Å². The van der Waals surface area contributed by atoms with Gasteiger partial charge in [-0.1, -0.05) is 27.7 Å². The molecule has 2 aromatic carbocycles. The summed E-state index contributed by atoms with van der Waals surface area (Å²) in [5.74, 6) is -0.256. The number of aliphatic carboxylic acids is 1. The minimum absolute atomic E-state index is 0.274. The molecule has 35 heavy (non-hydrogen) atoms. The van der Waals surface area contributed by atoms with Crippen LogP contribution in [-0.4, -0.2) is 26.3 Å². The molecule has 0 saturated heterocycles. The maximum absolute atomic E-state index is 12.1. The van der Waals surface area contributed by atoms with E-state index >= 15 is 0 Å². The molecule has 2 rings (SSSR count). The number of phenolic OH excluding ortho intramolecular Hbond substituents is 1. The number of ether oxygens (including phenoxy) is 1. The number of nitrogens with one attached hydrogen (secondary N) is 1. The minimum Gasteiger partial charge on any atom is -0.507 e. The van der Waals surface area contributed by atoms with Crippen molar-refractivity contribution in [2.45, 2.75) is 69.2 Å². The number of carboxylic acid groups (broad SMARTS) is 1. The molecule has 0 bridgehead atoms. The van der Waals surface area contributed by atoms with E-state index in [1.165, 1.54) is 13.8 Å². The summed E-state index contributed by atoms with van der Waals surface area (Å²) in [7, 11) is 7.36. The number of anilines is 1. The minimum atomic E-state index is -1.67. The molecule has 0 aliphatic heterocycles. The van der Waals surface area contributed by atoms with Gasteiger partial charge < -0.3 is 20.3 Å². The lowest BCUT2D eigenvalue weighted by Gasteiger charge is -2.19. The van der Waals surface area contributed by atoms with Crippen molar-refractivity contribution >= 4 is 48.2 Å². The van der Waals surface area contributed by atoms with E-state index in [2.05, 4.69) is 26.7 Å². The quantitative estimate of drug-likeness (QED) is 0.262. The van der Waals surface area contributed by atoms with E-state index in [4.69, 9.17) is 14.1 Å². The number of carbonyl (C=O) groups is 2. The zero-order valence-electron chi connectivity index (χ0n) is 22.0. The Hall–Kier alpha value is -2.29. The highest BCUT2D eigenvalue weighted by Gasteiger charge is 2.36. The highest BCUT2D eigenvalue weighted by molar-refractivity contribution is 8.26. The normalized spacial score (nSPS) is 9.97. The van der Waals surface area contributed by atoms with Gasteiger partial charge in [0.05, 0.1) is 0 Å². The number of rotatable bonds is 5. The molecule has 0 radical (unpaired) electrons. The number of carbonyl (C=O) groups excluding carboxylic acids is 1. The van der Waals surface area contributed by atoms with Crippen LogP contribution in [0.4, 0.5) is 5.69 Å². The molecule has 0 unspecified atom stereocenters. The van der Waals surface area contributed by atoms with Crippen molar-refractivity contribution in [1.82, 2.24) is 0 Å². The smallest absolute Gasteiger partial charge is 0.318 e. The van der Waals surface area contributed by atoms with E-state index in [1.54, 1.807) is 24.3 Å².